The summed E-state index contributed by atoms with van der Waals surface area (Å²) in [6, 6.07) is 0. The maximum absolute atomic E-state index is 13.1. The number of aliphatic hydroxyl groups excluding tert-OH is 1. The summed E-state index contributed by atoms with van der Waals surface area (Å²) in [6.07, 6.45) is 58.2. The zero-order chi connectivity index (χ0) is 73.0. The van der Waals surface area contributed by atoms with Gasteiger partial charge in [-0.05, 0) is 43.4 Å². The molecule has 588 valence electrons. The first-order chi connectivity index (χ1) is 47.8. The second-order valence-corrected chi connectivity index (χ2v) is 32.9. The molecule has 6 atom stereocenters. The van der Waals surface area contributed by atoms with Gasteiger partial charge in [0.15, 0.2) is 12.2 Å². The fourth-order valence-corrected chi connectivity index (χ4v) is 13.9. The lowest BCUT2D eigenvalue weighted by Gasteiger charge is -2.21. The van der Waals surface area contributed by atoms with E-state index in [-0.39, 0.29) is 25.7 Å². The first-order valence-corrected chi connectivity index (χ1v) is 44.4. The molecule has 0 aliphatic carbocycles. The quantitative estimate of drug-likeness (QED) is 0.0222. The molecule has 0 bridgehead atoms. The van der Waals surface area contributed by atoms with Crippen molar-refractivity contribution in [3.05, 3.63) is 0 Å². The van der Waals surface area contributed by atoms with E-state index in [0.29, 0.717) is 31.6 Å². The van der Waals surface area contributed by atoms with Gasteiger partial charge in [-0.2, -0.15) is 0 Å². The Morgan fingerprint density at radius 1 is 0.293 bits per heavy atom. The average Bonchev–Trinajstić information content (AvgIpc) is 0.979. The standard InChI is InChI=1S/C80H156O17P2/c1-8-10-11-12-13-14-15-21-29-34-41-49-56-63-79(84)97-76(68-91-78(83)62-55-48-43-36-38-45-52-59-72(5)6)70-95-99(88,89)93-66-74(81)65-92-98(86,87)94-69-75(96-80(85)64-57-50-42-35-30-25-18-16-17-22-26-31-37-44-51-58-71(3)4)67-90-77(82)61-54-47-40-33-28-24-20-19-23-27-32-39-46-53-60-73(7)9-2/h71-76,81H,8-70H2,1-7H3,(H,86,87)(H,88,89)/t73?,74-,75-,76-/m1/s1. The average molecular weight is 1450 g/mol. The third kappa shape index (κ3) is 72.8. The lowest BCUT2D eigenvalue weighted by Crippen LogP contribution is -2.30. The number of carbonyl (C=O) groups excluding carboxylic acids is 4. The van der Waals surface area contributed by atoms with Crippen molar-refractivity contribution in [3.63, 3.8) is 0 Å². The molecule has 0 spiro atoms. The van der Waals surface area contributed by atoms with Crippen LogP contribution in [0.25, 0.3) is 0 Å². The molecule has 0 aliphatic heterocycles. The highest BCUT2D eigenvalue weighted by Gasteiger charge is 2.30. The number of aliphatic hydroxyl groups is 1. The van der Waals surface area contributed by atoms with Crippen LogP contribution >= 0.6 is 15.6 Å². The van der Waals surface area contributed by atoms with E-state index in [1.54, 1.807) is 0 Å². The van der Waals surface area contributed by atoms with Gasteiger partial charge in [0.1, 0.15) is 19.3 Å². The number of rotatable bonds is 78. The van der Waals surface area contributed by atoms with Crippen LogP contribution in [0.15, 0.2) is 0 Å². The highest BCUT2D eigenvalue weighted by Crippen LogP contribution is 2.45. The third-order valence-corrected chi connectivity index (χ3v) is 20.9. The molecule has 0 saturated carbocycles. The Kier molecular flexibility index (Phi) is 69.0. The third-order valence-electron chi connectivity index (χ3n) is 19.0. The summed E-state index contributed by atoms with van der Waals surface area (Å²) in [5, 5.41) is 10.6. The van der Waals surface area contributed by atoms with Gasteiger partial charge in [-0.15, -0.1) is 0 Å². The van der Waals surface area contributed by atoms with Crippen LogP contribution in [0.1, 0.15) is 414 Å². The number of hydrogen-bond donors (Lipinski definition) is 3. The lowest BCUT2D eigenvalue weighted by atomic mass is 9.99. The summed E-state index contributed by atoms with van der Waals surface area (Å²) < 4.78 is 68.7. The van der Waals surface area contributed by atoms with Gasteiger partial charge in [-0.1, -0.05) is 363 Å². The van der Waals surface area contributed by atoms with Gasteiger partial charge >= 0.3 is 39.5 Å². The molecule has 19 heteroatoms. The van der Waals surface area contributed by atoms with E-state index in [4.69, 9.17) is 37.0 Å². The predicted octanol–water partition coefficient (Wildman–Crippen LogP) is 23.7. The highest BCUT2D eigenvalue weighted by atomic mass is 31.2. The summed E-state index contributed by atoms with van der Waals surface area (Å²) in [6.45, 7) is 12.0. The molecule has 17 nitrogen and oxygen atoms in total. The maximum atomic E-state index is 13.1. The molecule has 0 aromatic carbocycles. The van der Waals surface area contributed by atoms with Crippen molar-refractivity contribution in [1.29, 1.82) is 0 Å². The molecule has 99 heavy (non-hydrogen) atoms. The topological polar surface area (TPSA) is 237 Å². The molecule has 0 amide bonds. The van der Waals surface area contributed by atoms with Crippen molar-refractivity contribution in [2.75, 3.05) is 39.6 Å². The number of unbranched alkanes of at least 4 members (excludes halogenated alkanes) is 45. The number of carbonyl (C=O) groups is 4. The van der Waals surface area contributed by atoms with Crippen molar-refractivity contribution < 1.29 is 80.2 Å². The van der Waals surface area contributed by atoms with E-state index in [0.717, 1.165) is 108 Å². The molecular formula is C80H156O17P2. The van der Waals surface area contributed by atoms with Crippen molar-refractivity contribution >= 4 is 39.5 Å². The highest BCUT2D eigenvalue weighted by molar-refractivity contribution is 7.47. The monoisotopic (exact) mass is 1450 g/mol. The minimum Gasteiger partial charge on any atom is -0.462 e. The molecule has 0 aliphatic rings. The molecule has 0 aromatic heterocycles. The number of esters is 4. The lowest BCUT2D eigenvalue weighted by molar-refractivity contribution is -0.161. The SMILES string of the molecule is CCCCCCCCCCCCCCCC(=O)O[C@H](COC(=O)CCCCCCCCCC(C)C)COP(=O)(O)OC[C@H](O)COP(=O)(O)OC[C@@H](COC(=O)CCCCCCCCCCCCCCCCC(C)CC)OC(=O)CCCCCCCCCCCCCCCCCC(C)C. The van der Waals surface area contributed by atoms with Crippen molar-refractivity contribution in [2.24, 2.45) is 17.8 Å². The van der Waals surface area contributed by atoms with E-state index in [9.17, 15) is 43.2 Å². The van der Waals surface area contributed by atoms with Crippen LogP contribution in [0.3, 0.4) is 0 Å². The Morgan fingerprint density at radius 3 is 0.768 bits per heavy atom. The molecule has 0 fully saturated rings. The number of ether oxygens (including phenoxy) is 4. The van der Waals surface area contributed by atoms with Crippen LogP contribution in [-0.2, 0) is 65.4 Å². The summed E-state index contributed by atoms with van der Waals surface area (Å²) >= 11 is 0. The van der Waals surface area contributed by atoms with Gasteiger partial charge in [0.05, 0.1) is 26.4 Å². The Hall–Kier alpha value is -1.94. The zero-order valence-electron chi connectivity index (χ0n) is 65.0. The van der Waals surface area contributed by atoms with E-state index >= 15 is 0 Å². The molecular weight excluding hydrogens is 1290 g/mol. The second-order valence-electron chi connectivity index (χ2n) is 30.0. The van der Waals surface area contributed by atoms with Gasteiger partial charge < -0.3 is 33.8 Å². The summed E-state index contributed by atoms with van der Waals surface area (Å²) in [5.74, 6) is 0.246. The van der Waals surface area contributed by atoms with E-state index in [1.807, 2.05) is 0 Å². The fraction of sp³-hybridized carbons (Fsp3) is 0.950. The number of phosphoric ester groups is 2. The minimum absolute atomic E-state index is 0.107. The number of hydrogen-bond acceptors (Lipinski definition) is 15. The van der Waals surface area contributed by atoms with E-state index in [2.05, 4.69) is 48.5 Å². The molecule has 0 rings (SSSR count). The normalized spacial score (nSPS) is 14.3. The van der Waals surface area contributed by atoms with Crippen molar-refractivity contribution in [3.8, 4) is 0 Å². The summed E-state index contributed by atoms with van der Waals surface area (Å²) in [7, 11) is -9.92. The predicted molar refractivity (Wildman–Crippen MR) is 405 cm³/mol. The Bertz CT molecular complexity index is 1920. The first kappa shape index (κ1) is 97.1. The maximum Gasteiger partial charge on any atom is 0.472 e. The van der Waals surface area contributed by atoms with Crippen molar-refractivity contribution in [1.82, 2.24) is 0 Å². The Balaban J connectivity index is 5.24. The van der Waals surface area contributed by atoms with Crippen LogP contribution < -0.4 is 0 Å². The van der Waals surface area contributed by atoms with Gasteiger partial charge in [0, 0.05) is 25.7 Å². The van der Waals surface area contributed by atoms with Gasteiger partial charge in [0.25, 0.3) is 0 Å². The first-order valence-electron chi connectivity index (χ1n) is 41.4. The summed E-state index contributed by atoms with van der Waals surface area (Å²) in [4.78, 5) is 73.0. The van der Waals surface area contributed by atoms with E-state index < -0.39 is 97.5 Å². The zero-order valence-corrected chi connectivity index (χ0v) is 66.8. The Morgan fingerprint density at radius 2 is 0.515 bits per heavy atom. The van der Waals surface area contributed by atoms with Crippen molar-refractivity contribution in [2.45, 2.75) is 433 Å². The van der Waals surface area contributed by atoms with Crippen LogP contribution in [-0.4, -0.2) is 96.7 Å². The second kappa shape index (κ2) is 70.4. The van der Waals surface area contributed by atoms with Crippen LogP contribution in [0.2, 0.25) is 0 Å². The smallest absolute Gasteiger partial charge is 0.462 e. The minimum atomic E-state index is -4.96. The van der Waals surface area contributed by atoms with Crippen LogP contribution in [0.5, 0.6) is 0 Å². The van der Waals surface area contributed by atoms with Crippen LogP contribution in [0, 0.1) is 17.8 Å². The molecule has 0 heterocycles. The molecule has 0 aromatic rings. The number of phosphoric acid groups is 2. The summed E-state index contributed by atoms with van der Waals surface area (Å²) in [5.41, 5.74) is 0. The van der Waals surface area contributed by atoms with Gasteiger partial charge in [-0.3, -0.25) is 37.3 Å². The largest absolute Gasteiger partial charge is 0.472 e. The van der Waals surface area contributed by atoms with Gasteiger partial charge in [-0.25, -0.2) is 9.13 Å². The molecule has 0 radical (unpaired) electrons. The Labute approximate surface area is 607 Å². The van der Waals surface area contributed by atoms with E-state index in [1.165, 1.54) is 218 Å². The van der Waals surface area contributed by atoms with Gasteiger partial charge in [0.2, 0.25) is 0 Å². The molecule has 3 unspecified atom stereocenters. The molecule has 3 N–H and O–H groups in total. The fourth-order valence-electron chi connectivity index (χ4n) is 12.3. The molecule has 0 saturated heterocycles. The van der Waals surface area contributed by atoms with Crippen LogP contribution in [0.4, 0.5) is 0 Å².